The molecule has 4 heterocycles. The maximum atomic E-state index is 12.6. The molecule has 0 unspecified atom stereocenters. The van der Waals surface area contributed by atoms with Gasteiger partial charge in [0.25, 0.3) is 0 Å². The third-order valence-electron chi connectivity index (χ3n) is 4.90. The van der Waals surface area contributed by atoms with Crippen LogP contribution in [0.4, 0.5) is 5.69 Å². The van der Waals surface area contributed by atoms with Crippen LogP contribution in [0.3, 0.4) is 0 Å². The number of rotatable bonds is 3. The summed E-state index contributed by atoms with van der Waals surface area (Å²) < 4.78 is 10.3. The first-order valence-corrected chi connectivity index (χ1v) is 7.61. The zero-order valence-electron chi connectivity index (χ0n) is 12.8. The molecule has 0 aromatic carbocycles. The van der Waals surface area contributed by atoms with Crippen molar-refractivity contribution in [3.05, 3.63) is 35.6 Å². The van der Waals surface area contributed by atoms with Gasteiger partial charge < -0.3 is 13.8 Å². The van der Waals surface area contributed by atoms with Crippen LogP contribution < -0.4 is 4.90 Å². The lowest BCUT2D eigenvalue weighted by Gasteiger charge is -2.20. The first kappa shape index (κ1) is 13.6. The van der Waals surface area contributed by atoms with E-state index in [2.05, 4.69) is 10.1 Å². The van der Waals surface area contributed by atoms with Crippen LogP contribution in [0.25, 0.3) is 0 Å². The molecule has 2 saturated heterocycles. The molecular formula is C16H19N3O3. The molecular weight excluding hydrogens is 282 g/mol. The van der Waals surface area contributed by atoms with Crippen molar-refractivity contribution in [1.82, 2.24) is 10.1 Å². The normalized spacial score (nSPS) is 25.2. The summed E-state index contributed by atoms with van der Waals surface area (Å²) in [6.45, 7) is 7.25. The van der Waals surface area contributed by atoms with Gasteiger partial charge in [-0.25, -0.2) is 0 Å². The van der Waals surface area contributed by atoms with E-state index in [0.29, 0.717) is 5.92 Å². The molecule has 116 valence electrons. The Bertz CT molecular complexity index is 672. The second-order valence-corrected chi connectivity index (χ2v) is 6.29. The molecule has 0 spiro atoms. The Morgan fingerprint density at radius 3 is 2.82 bits per heavy atom. The zero-order valence-corrected chi connectivity index (χ0v) is 12.8. The third-order valence-corrected chi connectivity index (χ3v) is 4.90. The number of furan rings is 1. The Balaban J connectivity index is 1.46. The summed E-state index contributed by atoms with van der Waals surface area (Å²) in [6, 6.07) is 1.85. The van der Waals surface area contributed by atoms with E-state index in [0.717, 1.165) is 48.9 Å². The number of hydrogen-bond donors (Lipinski definition) is 0. The van der Waals surface area contributed by atoms with Crippen molar-refractivity contribution in [2.24, 2.45) is 11.8 Å². The predicted molar refractivity (Wildman–Crippen MR) is 79.3 cm³/mol. The van der Waals surface area contributed by atoms with Gasteiger partial charge in [-0.2, -0.15) is 0 Å². The van der Waals surface area contributed by atoms with E-state index in [4.69, 9.17) is 8.94 Å². The van der Waals surface area contributed by atoms with Crippen LogP contribution in [0.2, 0.25) is 0 Å². The van der Waals surface area contributed by atoms with E-state index >= 15 is 0 Å². The smallest absolute Gasteiger partial charge is 0.231 e. The van der Waals surface area contributed by atoms with Crippen molar-refractivity contribution in [2.75, 3.05) is 24.5 Å². The Labute approximate surface area is 128 Å². The summed E-state index contributed by atoms with van der Waals surface area (Å²) in [5, 5.41) is 4.00. The molecule has 0 radical (unpaired) electrons. The number of carbonyl (C=O) groups excluding carboxylic acids is 1. The van der Waals surface area contributed by atoms with Gasteiger partial charge in [0, 0.05) is 43.7 Å². The van der Waals surface area contributed by atoms with Crippen molar-refractivity contribution in [2.45, 2.75) is 20.4 Å². The van der Waals surface area contributed by atoms with E-state index in [-0.39, 0.29) is 11.8 Å². The SMILES string of the molecule is Cc1noc(C)c1CN1C[C@@H]2CN(c3ccoc3)C(=O)[C@@H]2C1. The lowest BCUT2D eigenvalue weighted by Crippen LogP contribution is -2.32. The highest BCUT2D eigenvalue weighted by Gasteiger charge is 2.46. The Morgan fingerprint density at radius 1 is 1.32 bits per heavy atom. The number of hydrogen-bond acceptors (Lipinski definition) is 5. The molecule has 2 aromatic rings. The number of nitrogens with zero attached hydrogens (tertiary/aromatic N) is 3. The van der Waals surface area contributed by atoms with Gasteiger partial charge in [0.05, 0.1) is 23.6 Å². The molecule has 2 atom stereocenters. The van der Waals surface area contributed by atoms with Crippen molar-refractivity contribution >= 4 is 11.6 Å². The fourth-order valence-electron chi connectivity index (χ4n) is 3.67. The Morgan fingerprint density at radius 2 is 2.18 bits per heavy atom. The Hall–Kier alpha value is -2.08. The van der Waals surface area contributed by atoms with Gasteiger partial charge in [-0.1, -0.05) is 5.16 Å². The minimum atomic E-state index is 0.0929. The van der Waals surface area contributed by atoms with Crippen LogP contribution in [-0.4, -0.2) is 35.6 Å². The molecule has 0 bridgehead atoms. The van der Waals surface area contributed by atoms with Crippen LogP contribution in [0.5, 0.6) is 0 Å². The van der Waals surface area contributed by atoms with E-state index < -0.39 is 0 Å². The lowest BCUT2D eigenvalue weighted by atomic mass is 10.0. The summed E-state index contributed by atoms with van der Waals surface area (Å²) in [4.78, 5) is 16.8. The standard InChI is InChI=1S/C16H19N3O3/c1-10-14(11(2)22-17-10)7-18-5-12-6-19(13-3-4-21-9-13)16(20)15(12)8-18/h3-4,9,12,15H,5-8H2,1-2H3/t12-,15-/m1/s1. The van der Waals surface area contributed by atoms with E-state index in [1.807, 2.05) is 24.8 Å². The molecule has 4 rings (SSSR count). The van der Waals surface area contributed by atoms with Gasteiger partial charge in [-0.15, -0.1) is 0 Å². The van der Waals surface area contributed by atoms with Gasteiger partial charge >= 0.3 is 0 Å². The van der Waals surface area contributed by atoms with Gasteiger partial charge in [0.1, 0.15) is 12.0 Å². The topological polar surface area (TPSA) is 62.7 Å². The molecule has 22 heavy (non-hydrogen) atoms. The number of aromatic nitrogens is 1. The highest BCUT2D eigenvalue weighted by molar-refractivity contribution is 5.97. The molecule has 6 heteroatoms. The third kappa shape index (κ3) is 2.06. The molecule has 0 N–H and O–H groups in total. The lowest BCUT2D eigenvalue weighted by molar-refractivity contribution is -0.120. The number of likely N-dealkylation sites (tertiary alicyclic amines) is 1. The van der Waals surface area contributed by atoms with Gasteiger partial charge in [0.15, 0.2) is 0 Å². The number of carbonyl (C=O) groups is 1. The highest BCUT2D eigenvalue weighted by atomic mass is 16.5. The fourth-order valence-corrected chi connectivity index (χ4v) is 3.67. The van der Waals surface area contributed by atoms with E-state index in [1.54, 1.807) is 12.5 Å². The van der Waals surface area contributed by atoms with E-state index in [9.17, 15) is 4.79 Å². The minimum absolute atomic E-state index is 0.0929. The molecule has 0 saturated carbocycles. The molecule has 2 aromatic heterocycles. The van der Waals surface area contributed by atoms with E-state index in [1.165, 1.54) is 0 Å². The largest absolute Gasteiger partial charge is 0.470 e. The quantitative estimate of drug-likeness (QED) is 0.867. The predicted octanol–water partition coefficient (Wildman–Crippen LogP) is 1.98. The average Bonchev–Trinajstić information content (AvgIpc) is 3.23. The maximum absolute atomic E-state index is 12.6. The highest BCUT2D eigenvalue weighted by Crippen LogP contribution is 2.36. The summed E-state index contributed by atoms with van der Waals surface area (Å²) in [5.41, 5.74) is 2.97. The molecule has 2 fully saturated rings. The summed E-state index contributed by atoms with van der Waals surface area (Å²) in [7, 11) is 0. The first-order valence-electron chi connectivity index (χ1n) is 7.61. The first-order chi connectivity index (χ1) is 10.6. The molecule has 1 amide bonds. The summed E-state index contributed by atoms with van der Waals surface area (Å²) in [6.07, 6.45) is 3.25. The second kappa shape index (κ2) is 4.98. The van der Waals surface area contributed by atoms with Gasteiger partial charge in [-0.3, -0.25) is 9.69 Å². The fraction of sp³-hybridized carbons (Fsp3) is 0.500. The Kier molecular flexibility index (Phi) is 3.07. The summed E-state index contributed by atoms with van der Waals surface area (Å²) in [5.74, 6) is 1.58. The molecule has 2 aliphatic heterocycles. The van der Waals surface area contributed by atoms with Crippen LogP contribution >= 0.6 is 0 Å². The number of anilines is 1. The number of fused-ring (bicyclic) bond motifs is 1. The number of amides is 1. The second-order valence-electron chi connectivity index (χ2n) is 6.29. The zero-order chi connectivity index (χ0) is 15.3. The van der Waals surface area contributed by atoms with Crippen molar-refractivity contribution in [1.29, 1.82) is 0 Å². The average molecular weight is 301 g/mol. The molecule has 2 aliphatic rings. The summed E-state index contributed by atoms with van der Waals surface area (Å²) >= 11 is 0. The molecule has 0 aliphatic carbocycles. The minimum Gasteiger partial charge on any atom is -0.470 e. The maximum Gasteiger partial charge on any atom is 0.231 e. The monoisotopic (exact) mass is 301 g/mol. The van der Waals surface area contributed by atoms with Crippen LogP contribution in [0.1, 0.15) is 17.0 Å². The van der Waals surface area contributed by atoms with Crippen LogP contribution in [0, 0.1) is 25.7 Å². The van der Waals surface area contributed by atoms with Crippen LogP contribution in [0.15, 0.2) is 27.5 Å². The number of aryl methyl sites for hydroxylation is 2. The van der Waals surface area contributed by atoms with Gasteiger partial charge in [0.2, 0.25) is 5.91 Å². The van der Waals surface area contributed by atoms with Crippen molar-refractivity contribution < 1.29 is 13.7 Å². The van der Waals surface area contributed by atoms with Crippen molar-refractivity contribution in [3.8, 4) is 0 Å². The van der Waals surface area contributed by atoms with Crippen LogP contribution in [-0.2, 0) is 11.3 Å². The molecule has 6 nitrogen and oxygen atoms in total. The van der Waals surface area contributed by atoms with Gasteiger partial charge in [-0.05, 0) is 13.8 Å². The van der Waals surface area contributed by atoms with Crippen molar-refractivity contribution in [3.63, 3.8) is 0 Å².